The molecule has 0 heterocycles. The van der Waals surface area contributed by atoms with Crippen molar-refractivity contribution in [3.63, 3.8) is 0 Å². The molecule has 0 amide bonds. The predicted molar refractivity (Wildman–Crippen MR) is 81.2 cm³/mol. The van der Waals surface area contributed by atoms with Crippen molar-refractivity contribution in [1.82, 2.24) is 0 Å². The van der Waals surface area contributed by atoms with Crippen LogP contribution in [0.4, 0.5) is 0 Å². The summed E-state index contributed by atoms with van der Waals surface area (Å²) < 4.78 is 0. The molecule has 0 aromatic heterocycles. The summed E-state index contributed by atoms with van der Waals surface area (Å²) in [6.07, 6.45) is 2.05. The zero-order valence-electron chi connectivity index (χ0n) is 11.1. The zero-order valence-corrected chi connectivity index (χ0v) is 11.1. The first-order valence-electron chi connectivity index (χ1n) is 7.07. The maximum absolute atomic E-state index is 10.4. The smallest absolute Gasteiger partial charge is 0.124 e. The SMILES string of the molecule is Oc1cc2ccccc2c2ccc3c(c12)CCC(O)C3. The highest BCUT2D eigenvalue weighted by Crippen LogP contribution is 2.38. The van der Waals surface area contributed by atoms with E-state index >= 15 is 0 Å². The van der Waals surface area contributed by atoms with E-state index in [4.69, 9.17) is 0 Å². The van der Waals surface area contributed by atoms with E-state index in [1.54, 1.807) is 0 Å². The van der Waals surface area contributed by atoms with Crippen LogP contribution in [0.5, 0.6) is 5.75 Å². The Morgan fingerprint density at radius 3 is 2.75 bits per heavy atom. The van der Waals surface area contributed by atoms with E-state index in [0.29, 0.717) is 12.2 Å². The fourth-order valence-electron chi connectivity index (χ4n) is 3.44. The van der Waals surface area contributed by atoms with Crippen molar-refractivity contribution in [3.8, 4) is 5.75 Å². The van der Waals surface area contributed by atoms with Gasteiger partial charge in [0.05, 0.1) is 6.10 Å². The number of fused-ring (bicyclic) bond motifs is 5. The van der Waals surface area contributed by atoms with E-state index in [1.165, 1.54) is 16.5 Å². The average Bonchev–Trinajstić information content (AvgIpc) is 2.46. The Kier molecular flexibility index (Phi) is 2.48. The van der Waals surface area contributed by atoms with Gasteiger partial charge in [-0.2, -0.15) is 0 Å². The fraction of sp³-hybridized carbons (Fsp3) is 0.222. The van der Waals surface area contributed by atoms with Crippen LogP contribution in [0.2, 0.25) is 0 Å². The molecule has 2 heteroatoms. The number of hydrogen-bond donors (Lipinski definition) is 2. The second kappa shape index (κ2) is 4.22. The molecule has 1 atom stereocenters. The van der Waals surface area contributed by atoms with E-state index in [2.05, 4.69) is 18.2 Å². The van der Waals surface area contributed by atoms with Gasteiger partial charge >= 0.3 is 0 Å². The molecule has 0 saturated heterocycles. The molecule has 0 saturated carbocycles. The van der Waals surface area contributed by atoms with Crippen molar-refractivity contribution in [1.29, 1.82) is 0 Å². The van der Waals surface area contributed by atoms with Crippen LogP contribution < -0.4 is 0 Å². The van der Waals surface area contributed by atoms with E-state index in [9.17, 15) is 10.2 Å². The summed E-state index contributed by atoms with van der Waals surface area (Å²) in [6.45, 7) is 0. The van der Waals surface area contributed by atoms with Gasteiger partial charge in [0.25, 0.3) is 0 Å². The number of rotatable bonds is 0. The molecule has 2 nitrogen and oxygen atoms in total. The van der Waals surface area contributed by atoms with Crippen LogP contribution in [-0.2, 0) is 12.8 Å². The molecule has 4 rings (SSSR count). The number of aromatic hydroxyl groups is 1. The summed E-state index contributed by atoms with van der Waals surface area (Å²) in [7, 11) is 0. The van der Waals surface area contributed by atoms with E-state index < -0.39 is 0 Å². The number of hydrogen-bond acceptors (Lipinski definition) is 2. The summed E-state index contributed by atoms with van der Waals surface area (Å²) in [6, 6.07) is 14.2. The number of aryl methyl sites for hydroxylation is 1. The number of phenolic OH excluding ortho intramolecular Hbond substituents is 1. The lowest BCUT2D eigenvalue weighted by atomic mass is 9.85. The van der Waals surface area contributed by atoms with Crippen LogP contribution in [0.1, 0.15) is 17.5 Å². The molecule has 100 valence electrons. The highest BCUT2D eigenvalue weighted by atomic mass is 16.3. The summed E-state index contributed by atoms with van der Waals surface area (Å²) in [5.41, 5.74) is 2.37. The molecule has 0 bridgehead atoms. The third-order valence-electron chi connectivity index (χ3n) is 4.39. The monoisotopic (exact) mass is 264 g/mol. The second-order valence-corrected chi connectivity index (χ2v) is 5.64. The Labute approximate surface area is 117 Å². The zero-order chi connectivity index (χ0) is 13.7. The molecular weight excluding hydrogens is 248 g/mol. The van der Waals surface area contributed by atoms with Gasteiger partial charge in [-0.15, -0.1) is 0 Å². The van der Waals surface area contributed by atoms with Gasteiger partial charge in [0, 0.05) is 5.39 Å². The van der Waals surface area contributed by atoms with Gasteiger partial charge in [-0.05, 0) is 52.6 Å². The number of benzene rings is 3. The lowest BCUT2D eigenvalue weighted by Gasteiger charge is -2.23. The molecule has 1 unspecified atom stereocenters. The predicted octanol–water partition coefficient (Wildman–Crippen LogP) is 3.55. The highest BCUT2D eigenvalue weighted by Gasteiger charge is 2.20. The number of aliphatic hydroxyl groups is 1. The summed E-state index contributed by atoms with van der Waals surface area (Å²) in [5.74, 6) is 0.354. The summed E-state index contributed by atoms with van der Waals surface area (Å²) in [4.78, 5) is 0. The maximum Gasteiger partial charge on any atom is 0.124 e. The fourth-order valence-corrected chi connectivity index (χ4v) is 3.44. The molecule has 3 aromatic carbocycles. The molecule has 0 radical (unpaired) electrons. The molecule has 0 aliphatic heterocycles. The van der Waals surface area contributed by atoms with Gasteiger partial charge in [-0.3, -0.25) is 0 Å². The van der Waals surface area contributed by atoms with Gasteiger partial charge in [0.2, 0.25) is 0 Å². The van der Waals surface area contributed by atoms with E-state index in [1.807, 2.05) is 24.3 Å². The van der Waals surface area contributed by atoms with Crippen LogP contribution in [-0.4, -0.2) is 16.3 Å². The topological polar surface area (TPSA) is 40.5 Å². The van der Waals surface area contributed by atoms with Crippen LogP contribution in [0.15, 0.2) is 42.5 Å². The van der Waals surface area contributed by atoms with Crippen molar-refractivity contribution in [3.05, 3.63) is 53.6 Å². The Balaban J connectivity index is 2.13. The van der Waals surface area contributed by atoms with Gasteiger partial charge in [0.15, 0.2) is 0 Å². The average molecular weight is 264 g/mol. The molecule has 2 N–H and O–H groups in total. The Morgan fingerprint density at radius 2 is 1.85 bits per heavy atom. The molecule has 0 fully saturated rings. The molecule has 0 spiro atoms. The van der Waals surface area contributed by atoms with Crippen LogP contribution >= 0.6 is 0 Å². The first-order chi connectivity index (χ1) is 9.74. The summed E-state index contributed by atoms with van der Waals surface area (Å²) in [5, 5.41) is 24.5. The molecule has 1 aliphatic carbocycles. The third-order valence-corrected chi connectivity index (χ3v) is 4.39. The molecule has 3 aromatic rings. The third kappa shape index (κ3) is 1.61. The van der Waals surface area contributed by atoms with E-state index in [0.717, 1.165) is 29.0 Å². The van der Waals surface area contributed by atoms with Gasteiger partial charge in [0.1, 0.15) is 5.75 Å². The standard InChI is InChI=1S/C18H16O2/c19-13-6-8-15-12(9-13)5-7-16-14-4-2-1-3-11(14)10-17(20)18(15)16/h1-5,7,10,13,19-20H,6,8-9H2. The van der Waals surface area contributed by atoms with Crippen molar-refractivity contribution in [2.75, 3.05) is 0 Å². The van der Waals surface area contributed by atoms with Crippen molar-refractivity contribution in [2.24, 2.45) is 0 Å². The largest absolute Gasteiger partial charge is 0.507 e. The van der Waals surface area contributed by atoms with Gasteiger partial charge < -0.3 is 10.2 Å². The van der Waals surface area contributed by atoms with Gasteiger partial charge in [-0.1, -0.05) is 36.4 Å². The Hall–Kier alpha value is -2.06. The van der Waals surface area contributed by atoms with Crippen LogP contribution in [0.3, 0.4) is 0 Å². The maximum atomic E-state index is 10.4. The van der Waals surface area contributed by atoms with E-state index in [-0.39, 0.29) is 6.10 Å². The first-order valence-corrected chi connectivity index (χ1v) is 7.07. The highest BCUT2D eigenvalue weighted by molar-refractivity contribution is 6.11. The number of aliphatic hydroxyl groups excluding tert-OH is 1. The quantitative estimate of drug-likeness (QED) is 0.610. The van der Waals surface area contributed by atoms with Crippen molar-refractivity contribution in [2.45, 2.75) is 25.4 Å². The second-order valence-electron chi connectivity index (χ2n) is 5.64. The van der Waals surface area contributed by atoms with Crippen LogP contribution in [0, 0.1) is 0 Å². The normalized spacial score (nSPS) is 18.4. The first kappa shape index (κ1) is 11.7. The molecular formula is C18H16O2. The number of phenols is 1. The van der Waals surface area contributed by atoms with Crippen molar-refractivity contribution >= 4 is 21.5 Å². The Morgan fingerprint density at radius 1 is 1.00 bits per heavy atom. The van der Waals surface area contributed by atoms with Gasteiger partial charge in [-0.25, -0.2) is 0 Å². The van der Waals surface area contributed by atoms with Crippen molar-refractivity contribution < 1.29 is 10.2 Å². The summed E-state index contributed by atoms with van der Waals surface area (Å²) >= 11 is 0. The minimum Gasteiger partial charge on any atom is -0.507 e. The molecule has 1 aliphatic rings. The van der Waals surface area contributed by atoms with Crippen LogP contribution in [0.25, 0.3) is 21.5 Å². The minimum absolute atomic E-state index is 0.248. The molecule has 20 heavy (non-hydrogen) atoms. The lowest BCUT2D eigenvalue weighted by Crippen LogP contribution is -2.18. The minimum atomic E-state index is -0.248. The Bertz CT molecular complexity index is 820. The lowest BCUT2D eigenvalue weighted by molar-refractivity contribution is 0.159.